The maximum absolute atomic E-state index is 6.12. The maximum Gasteiger partial charge on any atom is 0.232 e. The summed E-state index contributed by atoms with van der Waals surface area (Å²) in [6.45, 7) is 9.84. The quantitative estimate of drug-likeness (QED) is 0.447. The fraction of sp³-hybridized carbons (Fsp3) is 0.391. The van der Waals surface area contributed by atoms with Crippen LogP contribution in [0.4, 0.5) is 0 Å². The molecule has 29 heavy (non-hydrogen) atoms. The van der Waals surface area contributed by atoms with Crippen LogP contribution in [0.15, 0.2) is 48.8 Å². The molecule has 0 fully saturated rings. The van der Waals surface area contributed by atoms with Gasteiger partial charge >= 0.3 is 0 Å². The summed E-state index contributed by atoms with van der Waals surface area (Å²) in [6, 6.07) is 12.2. The zero-order valence-corrected chi connectivity index (χ0v) is 17.4. The van der Waals surface area contributed by atoms with Gasteiger partial charge in [-0.15, -0.1) is 5.10 Å². The highest BCUT2D eigenvalue weighted by molar-refractivity contribution is 5.94. The fourth-order valence-corrected chi connectivity index (χ4v) is 3.82. The lowest BCUT2D eigenvalue weighted by atomic mass is 10.1. The first-order chi connectivity index (χ1) is 14.2. The summed E-state index contributed by atoms with van der Waals surface area (Å²) in [5.41, 5.74) is 3.98. The standard InChI is InChI=1S/C23H29N5O/c1-4-27(5-2)15-7-8-17(3)29-23-12-11-22-25-16-21(28(22)26-23)19-9-6-10-20-18(19)13-14-24-20/h6,9-14,16-17,24H,4-5,7-8,15H2,1-3H3. The van der Waals surface area contributed by atoms with E-state index < -0.39 is 0 Å². The molecule has 6 nitrogen and oxygen atoms in total. The van der Waals surface area contributed by atoms with Crippen LogP contribution >= 0.6 is 0 Å². The van der Waals surface area contributed by atoms with Crippen molar-refractivity contribution in [3.05, 3.63) is 48.8 Å². The molecule has 0 saturated heterocycles. The average Bonchev–Trinajstić information content (AvgIpc) is 3.37. The lowest BCUT2D eigenvalue weighted by Gasteiger charge is -2.19. The number of fused-ring (bicyclic) bond motifs is 2. The summed E-state index contributed by atoms with van der Waals surface area (Å²) in [7, 11) is 0. The Morgan fingerprint density at radius 1 is 1.14 bits per heavy atom. The van der Waals surface area contributed by atoms with Gasteiger partial charge in [0.1, 0.15) is 0 Å². The van der Waals surface area contributed by atoms with Gasteiger partial charge < -0.3 is 14.6 Å². The van der Waals surface area contributed by atoms with E-state index in [2.05, 4.69) is 53.8 Å². The van der Waals surface area contributed by atoms with Gasteiger partial charge in [-0.05, 0) is 57.6 Å². The van der Waals surface area contributed by atoms with Gasteiger partial charge in [0, 0.05) is 28.7 Å². The highest BCUT2D eigenvalue weighted by Gasteiger charge is 2.13. The summed E-state index contributed by atoms with van der Waals surface area (Å²) in [5, 5.41) is 5.89. The minimum atomic E-state index is 0.121. The first-order valence-electron chi connectivity index (χ1n) is 10.5. The topological polar surface area (TPSA) is 58.5 Å². The molecule has 3 heterocycles. The second kappa shape index (κ2) is 8.66. The van der Waals surface area contributed by atoms with E-state index in [9.17, 15) is 0 Å². The Morgan fingerprint density at radius 3 is 2.83 bits per heavy atom. The largest absolute Gasteiger partial charge is 0.474 e. The van der Waals surface area contributed by atoms with Crippen molar-refractivity contribution in [2.24, 2.45) is 0 Å². The minimum absolute atomic E-state index is 0.121. The highest BCUT2D eigenvalue weighted by Crippen LogP contribution is 2.28. The van der Waals surface area contributed by atoms with Crippen molar-refractivity contribution in [2.45, 2.75) is 39.7 Å². The lowest BCUT2D eigenvalue weighted by Crippen LogP contribution is -2.25. The van der Waals surface area contributed by atoms with E-state index in [0.29, 0.717) is 5.88 Å². The van der Waals surface area contributed by atoms with Crippen LogP contribution in [0.3, 0.4) is 0 Å². The molecule has 4 aromatic rings. The summed E-state index contributed by atoms with van der Waals surface area (Å²) in [4.78, 5) is 10.2. The third-order valence-electron chi connectivity index (χ3n) is 5.51. The Balaban J connectivity index is 1.52. The highest BCUT2D eigenvalue weighted by atomic mass is 16.5. The number of hydrogen-bond donors (Lipinski definition) is 1. The van der Waals surface area contributed by atoms with Crippen molar-refractivity contribution >= 4 is 16.6 Å². The molecule has 6 heteroatoms. The zero-order valence-electron chi connectivity index (χ0n) is 17.4. The molecule has 0 spiro atoms. The number of imidazole rings is 1. The molecule has 4 rings (SSSR count). The fourth-order valence-electron chi connectivity index (χ4n) is 3.82. The monoisotopic (exact) mass is 391 g/mol. The molecule has 152 valence electrons. The van der Waals surface area contributed by atoms with Crippen LogP contribution in [0.2, 0.25) is 0 Å². The number of nitrogens with one attached hydrogen (secondary N) is 1. The Bertz CT molecular complexity index is 1080. The van der Waals surface area contributed by atoms with Crippen LogP contribution in [-0.2, 0) is 0 Å². The van der Waals surface area contributed by atoms with E-state index in [4.69, 9.17) is 9.84 Å². The second-order valence-electron chi connectivity index (χ2n) is 7.43. The first-order valence-corrected chi connectivity index (χ1v) is 10.5. The number of benzene rings is 1. The number of ether oxygens (including phenoxy) is 1. The molecular weight excluding hydrogens is 362 g/mol. The van der Waals surface area contributed by atoms with Crippen LogP contribution in [0.25, 0.3) is 27.8 Å². The Morgan fingerprint density at radius 2 is 2.00 bits per heavy atom. The normalized spacial score (nSPS) is 12.8. The number of hydrogen-bond acceptors (Lipinski definition) is 4. The van der Waals surface area contributed by atoms with E-state index in [1.54, 1.807) is 0 Å². The summed E-state index contributed by atoms with van der Waals surface area (Å²) < 4.78 is 7.99. The van der Waals surface area contributed by atoms with Gasteiger partial charge in [-0.2, -0.15) is 0 Å². The van der Waals surface area contributed by atoms with Crippen molar-refractivity contribution in [2.75, 3.05) is 19.6 Å². The van der Waals surface area contributed by atoms with Crippen LogP contribution in [-0.4, -0.2) is 50.2 Å². The molecule has 0 aliphatic heterocycles. The molecule has 3 aromatic heterocycles. The van der Waals surface area contributed by atoms with Gasteiger partial charge in [-0.25, -0.2) is 9.50 Å². The third kappa shape index (κ3) is 4.12. The van der Waals surface area contributed by atoms with Crippen molar-refractivity contribution in [3.8, 4) is 17.1 Å². The minimum Gasteiger partial charge on any atom is -0.474 e. The van der Waals surface area contributed by atoms with E-state index in [1.807, 2.05) is 35.1 Å². The van der Waals surface area contributed by atoms with Gasteiger partial charge in [0.2, 0.25) is 5.88 Å². The van der Waals surface area contributed by atoms with Crippen molar-refractivity contribution < 1.29 is 4.74 Å². The smallest absolute Gasteiger partial charge is 0.232 e. The number of rotatable bonds is 9. The molecule has 0 amide bonds. The van der Waals surface area contributed by atoms with Gasteiger partial charge in [-0.1, -0.05) is 26.0 Å². The number of aromatic amines is 1. The number of H-pyrrole nitrogens is 1. The average molecular weight is 392 g/mol. The summed E-state index contributed by atoms with van der Waals surface area (Å²) in [5.74, 6) is 0.633. The van der Waals surface area contributed by atoms with Crippen LogP contribution in [0.5, 0.6) is 5.88 Å². The van der Waals surface area contributed by atoms with Gasteiger partial charge in [0.25, 0.3) is 0 Å². The van der Waals surface area contributed by atoms with Crippen molar-refractivity contribution in [3.63, 3.8) is 0 Å². The molecule has 1 N–H and O–H groups in total. The van der Waals surface area contributed by atoms with E-state index >= 15 is 0 Å². The summed E-state index contributed by atoms with van der Waals surface area (Å²) in [6.07, 6.45) is 6.09. The first kappa shape index (κ1) is 19.5. The Kier molecular flexibility index (Phi) is 5.81. The van der Waals surface area contributed by atoms with Crippen LogP contribution in [0.1, 0.15) is 33.6 Å². The molecule has 0 aliphatic rings. The van der Waals surface area contributed by atoms with E-state index in [-0.39, 0.29) is 6.10 Å². The molecule has 1 aromatic carbocycles. The van der Waals surface area contributed by atoms with E-state index in [0.717, 1.165) is 60.3 Å². The second-order valence-corrected chi connectivity index (χ2v) is 7.43. The molecule has 1 atom stereocenters. The van der Waals surface area contributed by atoms with Crippen LogP contribution < -0.4 is 4.74 Å². The summed E-state index contributed by atoms with van der Waals surface area (Å²) >= 11 is 0. The Labute approximate surface area is 171 Å². The molecule has 0 bridgehead atoms. The molecular formula is C23H29N5O. The van der Waals surface area contributed by atoms with Crippen molar-refractivity contribution in [1.82, 2.24) is 24.5 Å². The predicted octanol–water partition coefficient (Wildman–Crippen LogP) is 4.77. The third-order valence-corrected chi connectivity index (χ3v) is 5.51. The SMILES string of the molecule is CCN(CC)CCCC(C)Oc1ccc2ncc(-c3cccc4[nH]ccc34)n2n1. The van der Waals surface area contributed by atoms with Crippen LogP contribution in [0, 0.1) is 0 Å². The predicted molar refractivity (Wildman–Crippen MR) is 117 cm³/mol. The van der Waals surface area contributed by atoms with Gasteiger partial charge in [0.15, 0.2) is 5.65 Å². The molecule has 0 radical (unpaired) electrons. The number of aromatic nitrogens is 4. The molecule has 0 saturated carbocycles. The lowest BCUT2D eigenvalue weighted by molar-refractivity contribution is 0.186. The Hall–Kier alpha value is -2.86. The number of nitrogens with zero attached hydrogens (tertiary/aromatic N) is 4. The molecule has 1 unspecified atom stereocenters. The molecule has 0 aliphatic carbocycles. The van der Waals surface area contributed by atoms with E-state index in [1.165, 1.54) is 0 Å². The van der Waals surface area contributed by atoms with Gasteiger partial charge in [0.05, 0.1) is 18.0 Å². The maximum atomic E-state index is 6.12. The van der Waals surface area contributed by atoms with Gasteiger partial charge in [-0.3, -0.25) is 0 Å². The van der Waals surface area contributed by atoms with Crippen molar-refractivity contribution in [1.29, 1.82) is 0 Å². The zero-order chi connectivity index (χ0) is 20.2.